The molecule has 3 aromatic carbocycles. The number of ether oxygens (including phenoxy) is 4. The molecule has 7 rings (SSSR count). The summed E-state index contributed by atoms with van der Waals surface area (Å²) in [5.41, 5.74) is 5.23. The van der Waals surface area contributed by atoms with Crippen LogP contribution in [0.25, 0.3) is 11.1 Å². The summed E-state index contributed by atoms with van der Waals surface area (Å²) in [4.78, 5) is 27.7. The molecule has 1 spiro atoms. The number of nitrogens with one attached hydrogen (secondary N) is 1. The van der Waals surface area contributed by atoms with Gasteiger partial charge in [-0.15, -0.1) is 0 Å². The number of aliphatic hydroxyl groups excluding tert-OH is 1. The lowest BCUT2D eigenvalue weighted by atomic mass is 9.97. The zero-order valence-corrected chi connectivity index (χ0v) is 28.9. The van der Waals surface area contributed by atoms with Gasteiger partial charge in [-0.25, -0.2) is 0 Å². The van der Waals surface area contributed by atoms with E-state index in [0.717, 1.165) is 65.9 Å². The molecule has 0 radical (unpaired) electrons. The van der Waals surface area contributed by atoms with Gasteiger partial charge in [0.1, 0.15) is 6.04 Å². The molecule has 4 fully saturated rings. The standard InChI is InChI=1S/C39H44F3N3O7/c40-39(41,42)37(48)45-15-3-8-33(45)35(47)43-23-27-4-1-5-29(20-27)30-6-2-7-31(21-30)36-51-32(22-34(52-36)28-11-9-26(25-46)10-12-28)24-44-16-13-38(14-17-44)49-18-19-50-38/h1-2,4-7,9-12,20-21,32-34,36,46H,3,8,13-19,22-25H2,(H,43,47). The Hall–Kier alpha value is -3.85. The first-order valence-electron chi connectivity index (χ1n) is 17.9. The minimum Gasteiger partial charge on any atom is -0.392 e. The number of alkyl halides is 3. The van der Waals surface area contributed by atoms with E-state index in [9.17, 15) is 27.9 Å². The van der Waals surface area contributed by atoms with Crippen molar-refractivity contribution in [1.29, 1.82) is 0 Å². The van der Waals surface area contributed by atoms with Gasteiger partial charge in [0.05, 0.1) is 32.0 Å². The maximum Gasteiger partial charge on any atom is 0.471 e. The molecule has 4 aliphatic heterocycles. The van der Waals surface area contributed by atoms with Gasteiger partial charge < -0.3 is 39.2 Å². The van der Waals surface area contributed by atoms with Crippen molar-refractivity contribution in [3.63, 3.8) is 0 Å². The van der Waals surface area contributed by atoms with E-state index in [-0.39, 0.29) is 38.3 Å². The van der Waals surface area contributed by atoms with Crippen molar-refractivity contribution in [2.24, 2.45) is 0 Å². The van der Waals surface area contributed by atoms with Crippen molar-refractivity contribution in [1.82, 2.24) is 15.1 Å². The van der Waals surface area contributed by atoms with Crippen molar-refractivity contribution in [3.05, 3.63) is 95.1 Å². The van der Waals surface area contributed by atoms with Gasteiger partial charge in [0.25, 0.3) is 0 Å². The number of benzene rings is 3. The Morgan fingerprint density at radius 3 is 2.29 bits per heavy atom. The number of likely N-dealkylation sites (tertiary alicyclic amines) is 2. The van der Waals surface area contributed by atoms with Crippen LogP contribution in [0.15, 0.2) is 72.8 Å². The van der Waals surface area contributed by atoms with Gasteiger partial charge in [0.15, 0.2) is 12.1 Å². The Balaban J connectivity index is 1.04. The Labute approximate surface area is 300 Å². The molecule has 0 aliphatic carbocycles. The van der Waals surface area contributed by atoms with Crippen LogP contribution in [0.3, 0.4) is 0 Å². The lowest BCUT2D eigenvalue weighted by Gasteiger charge is -2.41. The summed E-state index contributed by atoms with van der Waals surface area (Å²) < 4.78 is 64.3. The van der Waals surface area contributed by atoms with Crippen molar-refractivity contribution in [2.75, 3.05) is 39.4 Å². The first-order valence-corrected chi connectivity index (χ1v) is 17.9. The number of halogens is 3. The number of amides is 2. The molecule has 4 saturated heterocycles. The summed E-state index contributed by atoms with van der Waals surface area (Å²) in [7, 11) is 0. The summed E-state index contributed by atoms with van der Waals surface area (Å²) in [6.07, 6.45) is -3.20. The molecule has 0 saturated carbocycles. The molecule has 52 heavy (non-hydrogen) atoms. The Morgan fingerprint density at radius 1 is 0.865 bits per heavy atom. The van der Waals surface area contributed by atoms with Crippen LogP contribution < -0.4 is 5.32 Å². The Morgan fingerprint density at radius 2 is 1.58 bits per heavy atom. The van der Waals surface area contributed by atoms with Gasteiger partial charge in [-0.05, 0) is 52.8 Å². The molecule has 4 aliphatic rings. The van der Waals surface area contributed by atoms with Gasteiger partial charge in [0.2, 0.25) is 5.91 Å². The van der Waals surface area contributed by atoms with Gasteiger partial charge >= 0.3 is 12.1 Å². The van der Waals surface area contributed by atoms with E-state index in [0.29, 0.717) is 31.0 Å². The maximum absolute atomic E-state index is 13.1. The van der Waals surface area contributed by atoms with Crippen LogP contribution >= 0.6 is 0 Å². The van der Waals surface area contributed by atoms with Gasteiger partial charge in [0, 0.05) is 57.5 Å². The molecule has 0 aromatic heterocycles. The molecule has 2 N–H and O–H groups in total. The first kappa shape index (κ1) is 36.5. The highest BCUT2D eigenvalue weighted by atomic mass is 19.4. The second-order valence-corrected chi connectivity index (χ2v) is 14.0. The molecule has 4 atom stereocenters. The van der Waals surface area contributed by atoms with Crippen LogP contribution in [0.2, 0.25) is 0 Å². The molecular weight excluding hydrogens is 679 g/mol. The lowest BCUT2D eigenvalue weighted by Crippen LogP contribution is -2.50. The normalized spacial score (nSPS) is 25.0. The molecule has 4 heterocycles. The number of piperidine rings is 1. The fraction of sp³-hybridized carbons (Fsp3) is 0.487. The summed E-state index contributed by atoms with van der Waals surface area (Å²) in [5, 5.41) is 12.3. The molecule has 278 valence electrons. The molecule has 0 bridgehead atoms. The Bertz CT molecular complexity index is 1710. The van der Waals surface area contributed by atoms with E-state index in [1.807, 2.05) is 72.8 Å². The lowest BCUT2D eigenvalue weighted by molar-refractivity contribution is -0.255. The maximum atomic E-state index is 13.1. The minimum absolute atomic E-state index is 0.0352. The van der Waals surface area contributed by atoms with Gasteiger partial charge in [-0.1, -0.05) is 60.7 Å². The number of nitrogens with zero attached hydrogens (tertiary/aromatic N) is 2. The third kappa shape index (κ3) is 8.35. The number of carbonyl (C=O) groups is 2. The van der Waals surface area contributed by atoms with Crippen molar-refractivity contribution in [2.45, 2.75) is 81.8 Å². The SMILES string of the molecule is O=C(NCc1cccc(-c2cccc(C3OC(CN4CCC5(CC4)OCCO5)CC(c4ccc(CO)cc4)O3)c2)c1)C1CCCN1C(=O)C(F)(F)F. The molecule has 13 heteroatoms. The number of rotatable bonds is 9. The predicted molar refractivity (Wildman–Crippen MR) is 183 cm³/mol. The van der Waals surface area contributed by atoms with E-state index in [1.54, 1.807) is 0 Å². The van der Waals surface area contributed by atoms with Crippen LogP contribution in [0.4, 0.5) is 13.2 Å². The Kier molecular flexibility index (Phi) is 11.0. The average Bonchev–Trinajstić information content (AvgIpc) is 3.85. The van der Waals surface area contributed by atoms with Gasteiger partial charge in [-0.3, -0.25) is 9.59 Å². The fourth-order valence-corrected chi connectivity index (χ4v) is 7.66. The zero-order chi connectivity index (χ0) is 36.3. The van der Waals surface area contributed by atoms with Crippen molar-refractivity contribution in [3.8, 4) is 11.1 Å². The minimum atomic E-state index is -5.02. The molecular formula is C39H44F3N3O7. The van der Waals surface area contributed by atoms with Crippen LogP contribution in [-0.4, -0.2) is 90.2 Å². The summed E-state index contributed by atoms with van der Waals surface area (Å²) in [6.45, 7) is 3.66. The third-order valence-electron chi connectivity index (χ3n) is 10.5. The summed E-state index contributed by atoms with van der Waals surface area (Å²) in [6, 6.07) is 22.1. The zero-order valence-electron chi connectivity index (χ0n) is 28.9. The highest BCUT2D eigenvalue weighted by molar-refractivity contribution is 5.90. The van der Waals surface area contributed by atoms with Crippen molar-refractivity contribution < 1.29 is 46.8 Å². The molecule has 3 aromatic rings. The summed E-state index contributed by atoms with van der Waals surface area (Å²) in [5.74, 6) is -3.04. The van der Waals surface area contributed by atoms with E-state index in [4.69, 9.17) is 18.9 Å². The average molecular weight is 724 g/mol. The topological polar surface area (TPSA) is 110 Å². The third-order valence-corrected chi connectivity index (χ3v) is 10.5. The van der Waals surface area contributed by atoms with Crippen LogP contribution in [0, 0.1) is 0 Å². The monoisotopic (exact) mass is 723 g/mol. The first-order chi connectivity index (χ1) is 25.1. The van der Waals surface area contributed by atoms with Crippen LogP contribution in [-0.2, 0) is 41.7 Å². The fourth-order valence-electron chi connectivity index (χ4n) is 7.66. The van der Waals surface area contributed by atoms with E-state index in [1.165, 1.54) is 0 Å². The number of hydrogen-bond donors (Lipinski definition) is 2. The second kappa shape index (κ2) is 15.6. The smallest absolute Gasteiger partial charge is 0.392 e. The van der Waals surface area contributed by atoms with E-state index >= 15 is 0 Å². The molecule has 10 nitrogen and oxygen atoms in total. The van der Waals surface area contributed by atoms with Crippen molar-refractivity contribution >= 4 is 11.8 Å². The van der Waals surface area contributed by atoms with E-state index in [2.05, 4.69) is 10.2 Å². The largest absolute Gasteiger partial charge is 0.471 e. The number of hydrogen-bond acceptors (Lipinski definition) is 8. The second-order valence-electron chi connectivity index (χ2n) is 14.0. The molecule has 2 amide bonds. The summed E-state index contributed by atoms with van der Waals surface area (Å²) >= 11 is 0. The van der Waals surface area contributed by atoms with E-state index < -0.39 is 36.1 Å². The van der Waals surface area contributed by atoms with Crippen LogP contribution in [0.5, 0.6) is 0 Å². The quantitative estimate of drug-likeness (QED) is 0.302. The highest BCUT2D eigenvalue weighted by Crippen LogP contribution is 2.40. The number of aliphatic hydroxyl groups is 1. The highest BCUT2D eigenvalue weighted by Gasteiger charge is 2.47. The molecule has 4 unspecified atom stereocenters. The van der Waals surface area contributed by atoms with Crippen LogP contribution in [0.1, 0.15) is 66.8 Å². The predicted octanol–water partition coefficient (Wildman–Crippen LogP) is 5.40. The van der Waals surface area contributed by atoms with Gasteiger partial charge in [-0.2, -0.15) is 13.2 Å². The number of carbonyl (C=O) groups excluding carboxylic acids is 2.